The molecule has 0 unspecified atom stereocenters. The standard InChI is InChI=1S/C22H19N3O4S/c1-16-7-12-21-23-18(13-22(26)25(21)14-16)15-29-19-10-8-17(9-11-19)24-30(27,28)20-5-3-2-4-6-20/h2-14,24H,15H2,1H3. The molecule has 30 heavy (non-hydrogen) atoms. The Labute approximate surface area is 173 Å². The van der Waals surface area contributed by atoms with Crippen molar-refractivity contribution in [1.29, 1.82) is 0 Å². The first-order chi connectivity index (χ1) is 14.4. The number of aromatic nitrogens is 2. The summed E-state index contributed by atoms with van der Waals surface area (Å²) in [7, 11) is -3.65. The average Bonchev–Trinajstić information content (AvgIpc) is 2.74. The van der Waals surface area contributed by atoms with Gasteiger partial charge in [0.05, 0.1) is 10.6 Å². The Kier molecular flexibility index (Phi) is 5.24. The number of sulfonamides is 1. The van der Waals surface area contributed by atoms with Crippen LogP contribution in [0, 0.1) is 6.92 Å². The van der Waals surface area contributed by atoms with Gasteiger partial charge in [-0.1, -0.05) is 24.3 Å². The van der Waals surface area contributed by atoms with Gasteiger partial charge in [-0.05, 0) is 55.0 Å². The van der Waals surface area contributed by atoms with Gasteiger partial charge < -0.3 is 4.74 Å². The third-order valence-corrected chi connectivity index (χ3v) is 5.80. The van der Waals surface area contributed by atoms with Crippen molar-refractivity contribution in [3.63, 3.8) is 0 Å². The second-order valence-corrected chi connectivity index (χ2v) is 8.43. The van der Waals surface area contributed by atoms with Crippen molar-refractivity contribution in [3.8, 4) is 5.75 Å². The van der Waals surface area contributed by atoms with Gasteiger partial charge in [0.15, 0.2) is 0 Å². The van der Waals surface area contributed by atoms with Gasteiger partial charge in [-0.25, -0.2) is 13.4 Å². The predicted octanol–water partition coefficient (Wildman–Crippen LogP) is 3.38. The molecule has 0 fully saturated rings. The zero-order chi connectivity index (χ0) is 21.1. The maximum absolute atomic E-state index is 12.4. The van der Waals surface area contributed by atoms with Crippen LogP contribution in [0.4, 0.5) is 5.69 Å². The van der Waals surface area contributed by atoms with Crippen LogP contribution in [-0.2, 0) is 16.6 Å². The molecule has 4 rings (SSSR count). The van der Waals surface area contributed by atoms with Crippen molar-refractivity contribution in [3.05, 3.63) is 101 Å². The minimum atomic E-state index is -3.65. The van der Waals surface area contributed by atoms with Crippen molar-refractivity contribution in [2.24, 2.45) is 0 Å². The number of ether oxygens (including phenoxy) is 1. The van der Waals surface area contributed by atoms with E-state index in [1.807, 2.05) is 13.0 Å². The molecule has 0 saturated heterocycles. The molecule has 0 aliphatic rings. The van der Waals surface area contributed by atoms with Crippen molar-refractivity contribution < 1.29 is 13.2 Å². The fourth-order valence-corrected chi connectivity index (χ4v) is 4.00. The summed E-state index contributed by atoms with van der Waals surface area (Å²) >= 11 is 0. The smallest absolute Gasteiger partial charge is 0.261 e. The second-order valence-electron chi connectivity index (χ2n) is 6.75. The first-order valence-electron chi connectivity index (χ1n) is 9.20. The number of aryl methyl sites for hydroxylation is 1. The summed E-state index contributed by atoms with van der Waals surface area (Å²) in [5.74, 6) is 0.531. The third kappa shape index (κ3) is 4.33. The van der Waals surface area contributed by atoms with Crippen LogP contribution in [0.5, 0.6) is 5.75 Å². The maximum atomic E-state index is 12.4. The number of benzene rings is 2. The van der Waals surface area contributed by atoms with E-state index < -0.39 is 10.0 Å². The van der Waals surface area contributed by atoms with Crippen LogP contribution >= 0.6 is 0 Å². The summed E-state index contributed by atoms with van der Waals surface area (Å²) in [6.07, 6.45) is 1.74. The van der Waals surface area contributed by atoms with Crippen molar-refractivity contribution in [1.82, 2.24) is 9.38 Å². The Balaban J connectivity index is 1.45. The first-order valence-corrected chi connectivity index (χ1v) is 10.7. The minimum absolute atomic E-state index is 0.120. The van der Waals surface area contributed by atoms with Crippen molar-refractivity contribution >= 4 is 21.4 Å². The van der Waals surface area contributed by atoms with Gasteiger partial charge in [-0.3, -0.25) is 13.9 Å². The van der Waals surface area contributed by atoms with Crippen molar-refractivity contribution in [2.45, 2.75) is 18.4 Å². The topological polar surface area (TPSA) is 89.8 Å². The molecule has 0 aliphatic heterocycles. The van der Waals surface area contributed by atoms with E-state index in [-0.39, 0.29) is 17.1 Å². The molecule has 0 saturated carbocycles. The summed E-state index contributed by atoms with van der Waals surface area (Å²) in [5, 5.41) is 0. The molecule has 2 heterocycles. The van der Waals surface area contributed by atoms with Crippen LogP contribution < -0.4 is 15.0 Å². The Hall–Kier alpha value is -3.65. The third-order valence-electron chi connectivity index (χ3n) is 4.41. The number of hydrogen-bond acceptors (Lipinski definition) is 5. The van der Waals surface area contributed by atoms with Crippen LogP contribution in [0.25, 0.3) is 5.65 Å². The lowest BCUT2D eigenvalue weighted by Gasteiger charge is -2.10. The molecule has 0 aliphatic carbocycles. The number of nitrogens with one attached hydrogen (secondary N) is 1. The Morgan fingerprint density at radius 3 is 2.47 bits per heavy atom. The predicted molar refractivity (Wildman–Crippen MR) is 114 cm³/mol. The fourth-order valence-electron chi connectivity index (χ4n) is 2.92. The van der Waals surface area contributed by atoms with Gasteiger partial charge in [0.25, 0.3) is 15.6 Å². The number of pyridine rings is 1. The van der Waals surface area contributed by atoms with E-state index in [9.17, 15) is 13.2 Å². The van der Waals surface area contributed by atoms with Crippen LogP contribution in [0.3, 0.4) is 0 Å². The highest BCUT2D eigenvalue weighted by Crippen LogP contribution is 2.20. The molecule has 0 bridgehead atoms. The first kappa shape index (κ1) is 19.7. The van der Waals surface area contributed by atoms with E-state index in [1.165, 1.54) is 22.6 Å². The summed E-state index contributed by atoms with van der Waals surface area (Å²) in [6.45, 7) is 2.03. The fraction of sp³-hybridized carbons (Fsp3) is 0.0909. The molecular weight excluding hydrogens is 402 g/mol. The number of fused-ring (bicyclic) bond motifs is 1. The van der Waals surface area contributed by atoms with Crippen LogP contribution in [0.2, 0.25) is 0 Å². The molecule has 0 radical (unpaired) electrons. The zero-order valence-corrected chi connectivity index (χ0v) is 17.0. The van der Waals surface area contributed by atoms with Gasteiger partial charge in [0.1, 0.15) is 18.0 Å². The molecule has 0 amide bonds. The van der Waals surface area contributed by atoms with E-state index in [4.69, 9.17) is 4.74 Å². The summed E-state index contributed by atoms with van der Waals surface area (Å²) in [6, 6.07) is 19.8. The molecule has 2 aromatic carbocycles. The minimum Gasteiger partial charge on any atom is -0.487 e. The van der Waals surface area contributed by atoms with Gasteiger partial charge >= 0.3 is 0 Å². The van der Waals surface area contributed by atoms with E-state index in [0.29, 0.717) is 22.8 Å². The molecule has 0 atom stereocenters. The number of hydrogen-bond donors (Lipinski definition) is 1. The Morgan fingerprint density at radius 1 is 1.00 bits per heavy atom. The highest BCUT2D eigenvalue weighted by Gasteiger charge is 2.13. The lowest BCUT2D eigenvalue weighted by Crippen LogP contribution is -2.16. The molecule has 152 valence electrons. The summed E-state index contributed by atoms with van der Waals surface area (Å²) in [4.78, 5) is 16.9. The highest BCUT2D eigenvalue weighted by molar-refractivity contribution is 7.92. The summed E-state index contributed by atoms with van der Waals surface area (Å²) in [5.41, 5.74) is 2.28. The van der Waals surface area contributed by atoms with Crippen LogP contribution in [0.15, 0.2) is 88.7 Å². The highest BCUT2D eigenvalue weighted by atomic mass is 32.2. The van der Waals surface area contributed by atoms with E-state index in [2.05, 4.69) is 9.71 Å². The lowest BCUT2D eigenvalue weighted by atomic mass is 10.3. The van der Waals surface area contributed by atoms with E-state index in [0.717, 1.165) is 5.56 Å². The molecule has 8 heteroatoms. The van der Waals surface area contributed by atoms with E-state index in [1.54, 1.807) is 54.7 Å². The average molecular weight is 421 g/mol. The number of nitrogens with zero attached hydrogens (tertiary/aromatic N) is 2. The molecule has 7 nitrogen and oxygen atoms in total. The SMILES string of the molecule is Cc1ccc2nc(COc3ccc(NS(=O)(=O)c4ccccc4)cc3)cc(=O)n2c1. The van der Waals surface area contributed by atoms with Crippen LogP contribution in [0.1, 0.15) is 11.3 Å². The molecule has 4 aromatic rings. The quantitative estimate of drug-likeness (QED) is 0.515. The van der Waals surface area contributed by atoms with Crippen molar-refractivity contribution in [2.75, 3.05) is 4.72 Å². The molecule has 2 aromatic heterocycles. The summed E-state index contributed by atoms with van der Waals surface area (Å²) < 4.78 is 34.5. The van der Waals surface area contributed by atoms with E-state index >= 15 is 0 Å². The zero-order valence-electron chi connectivity index (χ0n) is 16.1. The van der Waals surface area contributed by atoms with Gasteiger partial charge in [0.2, 0.25) is 0 Å². The van der Waals surface area contributed by atoms with Gasteiger partial charge in [0, 0.05) is 18.0 Å². The molecule has 0 spiro atoms. The van der Waals surface area contributed by atoms with Gasteiger partial charge in [-0.2, -0.15) is 0 Å². The largest absolute Gasteiger partial charge is 0.487 e. The maximum Gasteiger partial charge on any atom is 0.261 e. The second kappa shape index (κ2) is 8.00. The number of rotatable bonds is 6. The lowest BCUT2D eigenvalue weighted by molar-refractivity contribution is 0.301. The molecular formula is C22H19N3O4S. The number of anilines is 1. The Morgan fingerprint density at radius 2 is 1.73 bits per heavy atom. The molecule has 1 N–H and O–H groups in total. The monoisotopic (exact) mass is 421 g/mol. The van der Waals surface area contributed by atoms with Gasteiger partial charge in [-0.15, -0.1) is 0 Å². The Bertz CT molecular complexity index is 1350. The van der Waals surface area contributed by atoms with Crippen LogP contribution in [-0.4, -0.2) is 17.8 Å². The normalized spacial score (nSPS) is 11.4.